The first-order valence-corrected chi connectivity index (χ1v) is 7.29. The van der Waals surface area contributed by atoms with Crippen molar-refractivity contribution >= 4 is 28.2 Å². The van der Waals surface area contributed by atoms with Crippen LogP contribution in [0.3, 0.4) is 0 Å². The third-order valence-electron chi connectivity index (χ3n) is 3.06. The van der Waals surface area contributed by atoms with Gasteiger partial charge in [-0.25, -0.2) is 0 Å². The second-order valence-electron chi connectivity index (χ2n) is 4.20. The molecule has 0 aliphatic carbocycles. The average Bonchev–Trinajstić information content (AvgIpc) is 2.43. The Morgan fingerprint density at radius 1 is 1.17 bits per heavy atom. The number of nitrogens with zero attached hydrogens (tertiary/aromatic N) is 2. The predicted octanol–water partition coefficient (Wildman–Crippen LogP) is 3.51. The molecule has 0 atom stereocenters. The molecule has 0 spiro atoms. The van der Waals surface area contributed by atoms with Gasteiger partial charge in [-0.1, -0.05) is 24.3 Å². The molecule has 0 unspecified atom stereocenters. The highest BCUT2D eigenvalue weighted by atomic mass is 32.2. The topological polar surface area (TPSA) is 27.0 Å². The third-order valence-corrected chi connectivity index (χ3v) is 3.65. The summed E-state index contributed by atoms with van der Waals surface area (Å²) < 4.78 is 0. The maximum atomic E-state index is 9.14. The van der Waals surface area contributed by atoms with E-state index in [0.29, 0.717) is 0 Å². The Kier molecular flexibility index (Phi) is 4.11. The van der Waals surface area contributed by atoms with Crippen molar-refractivity contribution in [3.63, 3.8) is 0 Å². The molecule has 3 heteroatoms. The number of hydrogen-bond acceptors (Lipinski definition) is 3. The van der Waals surface area contributed by atoms with E-state index in [1.807, 2.05) is 42.1 Å². The molecule has 0 radical (unpaired) electrons. The second kappa shape index (κ2) is 5.79. The number of hydrogen-bond donors (Lipinski definition) is 0. The zero-order valence-corrected chi connectivity index (χ0v) is 11.5. The van der Waals surface area contributed by atoms with Crippen molar-refractivity contribution in [2.45, 2.75) is 0 Å². The summed E-state index contributed by atoms with van der Waals surface area (Å²) in [5.41, 5.74) is 1.94. The lowest BCUT2D eigenvalue weighted by molar-refractivity contribution is 0.984. The summed E-state index contributed by atoms with van der Waals surface area (Å²) in [7, 11) is 2.10. The summed E-state index contributed by atoms with van der Waals surface area (Å²) in [5, 5.41) is 11.3. The van der Waals surface area contributed by atoms with Crippen LogP contribution in [-0.2, 0) is 0 Å². The Balaban J connectivity index is 2.50. The summed E-state index contributed by atoms with van der Waals surface area (Å²) in [6, 6.07) is 14.3. The van der Waals surface area contributed by atoms with E-state index in [2.05, 4.69) is 30.3 Å². The number of rotatable bonds is 4. The zero-order chi connectivity index (χ0) is 13.0. The minimum atomic E-state index is 0.743. The molecule has 2 rings (SSSR count). The van der Waals surface area contributed by atoms with Gasteiger partial charge >= 0.3 is 0 Å². The first-order chi connectivity index (χ1) is 8.77. The van der Waals surface area contributed by atoms with Crippen LogP contribution in [0.5, 0.6) is 0 Å². The smallest absolute Gasteiger partial charge is 0.0998 e. The fraction of sp³-hybridized carbons (Fsp3) is 0.267. The van der Waals surface area contributed by atoms with Crippen molar-refractivity contribution < 1.29 is 0 Å². The molecule has 0 aromatic heterocycles. The van der Waals surface area contributed by atoms with Gasteiger partial charge < -0.3 is 4.90 Å². The molecular formula is C15H16N2S. The van der Waals surface area contributed by atoms with Gasteiger partial charge in [0, 0.05) is 35.8 Å². The minimum absolute atomic E-state index is 0.743. The molecule has 0 heterocycles. The molecule has 0 amide bonds. The lowest BCUT2D eigenvalue weighted by atomic mass is 10.0. The Labute approximate surface area is 112 Å². The number of benzene rings is 2. The normalized spacial score (nSPS) is 10.3. The van der Waals surface area contributed by atoms with Crippen molar-refractivity contribution in [1.29, 1.82) is 5.26 Å². The molecule has 18 heavy (non-hydrogen) atoms. The second-order valence-corrected chi connectivity index (χ2v) is 5.19. The van der Waals surface area contributed by atoms with Crippen LogP contribution in [0.4, 0.5) is 5.69 Å². The maximum absolute atomic E-state index is 9.14. The Hall–Kier alpha value is -1.66. The van der Waals surface area contributed by atoms with E-state index in [-0.39, 0.29) is 0 Å². The highest BCUT2D eigenvalue weighted by Crippen LogP contribution is 2.28. The van der Waals surface area contributed by atoms with Crippen LogP contribution in [0.25, 0.3) is 10.8 Å². The molecule has 0 bridgehead atoms. The number of nitriles is 1. The van der Waals surface area contributed by atoms with Crippen LogP contribution in [0, 0.1) is 11.3 Å². The SMILES string of the molecule is CSCCN(C)c1ccc(C#N)c2ccccc12. The molecule has 0 aliphatic rings. The van der Waals surface area contributed by atoms with Crippen LogP contribution in [0.2, 0.25) is 0 Å². The number of thioether (sulfide) groups is 1. The van der Waals surface area contributed by atoms with Crippen LogP contribution in [0.15, 0.2) is 36.4 Å². The van der Waals surface area contributed by atoms with Gasteiger partial charge in [0.1, 0.15) is 0 Å². The van der Waals surface area contributed by atoms with Crippen molar-refractivity contribution in [3.05, 3.63) is 42.0 Å². The Morgan fingerprint density at radius 3 is 2.56 bits per heavy atom. The van der Waals surface area contributed by atoms with Crippen LogP contribution >= 0.6 is 11.8 Å². The van der Waals surface area contributed by atoms with Gasteiger partial charge in [-0.3, -0.25) is 0 Å². The quantitative estimate of drug-likeness (QED) is 0.837. The van der Waals surface area contributed by atoms with Crippen molar-refractivity contribution in [3.8, 4) is 6.07 Å². The summed E-state index contributed by atoms with van der Waals surface area (Å²) in [5.74, 6) is 1.10. The van der Waals surface area contributed by atoms with E-state index in [1.54, 1.807) is 0 Å². The monoisotopic (exact) mass is 256 g/mol. The molecule has 0 N–H and O–H groups in total. The van der Waals surface area contributed by atoms with Gasteiger partial charge in [0.05, 0.1) is 11.6 Å². The Bertz CT molecular complexity index is 587. The molecular weight excluding hydrogens is 240 g/mol. The molecule has 92 valence electrons. The molecule has 2 nitrogen and oxygen atoms in total. The Morgan fingerprint density at radius 2 is 1.89 bits per heavy atom. The summed E-state index contributed by atoms with van der Waals surface area (Å²) in [6.45, 7) is 1.01. The number of anilines is 1. The molecule has 2 aromatic rings. The maximum Gasteiger partial charge on any atom is 0.0998 e. The lowest BCUT2D eigenvalue weighted by Crippen LogP contribution is -2.20. The lowest BCUT2D eigenvalue weighted by Gasteiger charge is -2.21. The largest absolute Gasteiger partial charge is 0.373 e. The zero-order valence-electron chi connectivity index (χ0n) is 10.7. The predicted molar refractivity (Wildman–Crippen MR) is 80.3 cm³/mol. The molecule has 0 saturated heterocycles. The standard InChI is InChI=1S/C15H16N2S/c1-17(9-10-18-2)15-8-7-12(11-16)13-5-3-4-6-14(13)15/h3-8H,9-10H2,1-2H3. The van der Waals surface area contributed by atoms with Gasteiger partial charge in [0.15, 0.2) is 0 Å². The van der Waals surface area contributed by atoms with Crippen molar-refractivity contribution in [2.24, 2.45) is 0 Å². The van der Waals surface area contributed by atoms with Crippen LogP contribution in [0.1, 0.15) is 5.56 Å². The fourth-order valence-electron chi connectivity index (χ4n) is 2.06. The minimum Gasteiger partial charge on any atom is -0.373 e. The van der Waals surface area contributed by atoms with Crippen molar-refractivity contribution in [2.75, 3.05) is 30.5 Å². The summed E-state index contributed by atoms with van der Waals surface area (Å²) >= 11 is 1.84. The van der Waals surface area contributed by atoms with Crippen LogP contribution < -0.4 is 4.90 Å². The molecule has 2 aromatic carbocycles. The fourth-order valence-corrected chi connectivity index (χ4v) is 2.52. The van der Waals surface area contributed by atoms with E-state index in [1.165, 1.54) is 5.69 Å². The summed E-state index contributed by atoms with van der Waals surface area (Å²) in [4.78, 5) is 2.25. The van der Waals surface area contributed by atoms with E-state index < -0.39 is 0 Å². The van der Waals surface area contributed by atoms with E-state index in [9.17, 15) is 0 Å². The highest BCUT2D eigenvalue weighted by Gasteiger charge is 2.08. The van der Waals surface area contributed by atoms with Crippen LogP contribution in [-0.4, -0.2) is 25.6 Å². The van der Waals surface area contributed by atoms with Gasteiger partial charge in [-0.15, -0.1) is 0 Å². The molecule has 0 aliphatic heterocycles. The first kappa shape index (κ1) is 12.8. The van der Waals surface area contributed by atoms with Gasteiger partial charge in [-0.2, -0.15) is 17.0 Å². The number of fused-ring (bicyclic) bond motifs is 1. The van der Waals surface area contributed by atoms with Gasteiger partial charge in [-0.05, 0) is 18.4 Å². The van der Waals surface area contributed by atoms with E-state index in [4.69, 9.17) is 5.26 Å². The highest BCUT2D eigenvalue weighted by molar-refractivity contribution is 7.98. The van der Waals surface area contributed by atoms with Gasteiger partial charge in [0.25, 0.3) is 0 Å². The average molecular weight is 256 g/mol. The molecule has 0 fully saturated rings. The van der Waals surface area contributed by atoms with E-state index in [0.717, 1.165) is 28.6 Å². The molecule has 0 saturated carbocycles. The first-order valence-electron chi connectivity index (χ1n) is 5.90. The summed E-state index contributed by atoms with van der Waals surface area (Å²) in [6.07, 6.45) is 2.12. The van der Waals surface area contributed by atoms with E-state index >= 15 is 0 Å². The third kappa shape index (κ3) is 2.44. The van der Waals surface area contributed by atoms with Gasteiger partial charge in [0.2, 0.25) is 0 Å². The van der Waals surface area contributed by atoms with Crippen molar-refractivity contribution in [1.82, 2.24) is 0 Å².